The molecular formula is C25H22Cl2N4O2S. The van der Waals surface area contributed by atoms with Crippen LogP contribution in [-0.2, 0) is 0 Å². The zero-order chi connectivity index (χ0) is 24.1. The Bertz CT molecular complexity index is 1210. The number of amides is 2. The first-order chi connectivity index (χ1) is 16.4. The Morgan fingerprint density at radius 3 is 2.18 bits per heavy atom. The molecule has 3 aromatic carbocycles. The van der Waals surface area contributed by atoms with E-state index in [-0.39, 0.29) is 11.0 Å². The number of nitrogens with zero attached hydrogens (tertiary/aromatic N) is 2. The molecule has 0 radical (unpaired) electrons. The molecule has 3 aromatic rings. The molecule has 0 spiro atoms. The molecule has 2 amide bonds. The van der Waals surface area contributed by atoms with Gasteiger partial charge in [0.1, 0.15) is 0 Å². The summed E-state index contributed by atoms with van der Waals surface area (Å²) in [6, 6.07) is 21.5. The summed E-state index contributed by atoms with van der Waals surface area (Å²) in [7, 11) is 0. The monoisotopic (exact) mass is 512 g/mol. The van der Waals surface area contributed by atoms with Crippen LogP contribution in [0, 0.1) is 0 Å². The fraction of sp³-hybridized carbons (Fsp3) is 0.160. The molecule has 0 aromatic heterocycles. The lowest BCUT2D eigenvalue weighted by Crippen LogP contribution is -2.48. The number of anilines is 2. The Kier molecular flexibility index (Phi) is 7.67. The summed E-state index contributed by atoms with van der Waals surface area (Å²) in [5.41, 5.74) is 2.56. The van der Waals surface area contributed by atoms with Gasteiger partial charge in [-0.3, -0.25) is 14.9 Å². The van der Waals surface area contributed by atoms with Gasteiger partial charge in [0.2, 0.25) is 0 Å². The van der Waals surface area contributed by atoms with E-state index < -0.39 is 5.91 Å². The van der Waals surface area contributed by atoms with E-state index in [2.05, 4.69) is 15.5 Å². The van der Waals surface area contributed by atoms with Gasteiger partial charge < -0.3 is 15.1 Å². The second-order valence-corrected chi connectivity index (χ2v) is 8.92. The molecule has 2 N–H and O–H groups in total. The van der Waals surface area contributed by atoms with E-state index in [0.717, 1.165) is 5.69 Å². The molecule has 0 atom stereocenters. The van der Waals surface area contributed by atoms with Gasteiger partial charge in [-0.05, 0) is 54.7 Å². The van der Waals surface area contributed by atoms with Crippen molar-refractivity contribution in [3.05, 3.63) is 94.0 Å². The van der Waals surface area contributed by atoms with E-state index >= 15 is 0 Å². The number of hydrogen-bond donors (Lipinski definition) is 2. The Morgan fingerprint density at radius 2 is 1.50 bits per heavy atom. The molecule has 174 valence electrons. The van der Waals surface area contributed by atoms with Crippen molar-refractivity contribution in [2.75, 3.05) is 36.4 Å². The number of hydrogen-bond acceptors (Lipinski definition) is 4. The van der Waals surface area contributed by atoms with Gasteiger partial charge in [-0.25, -0.2) is 0 Å². The third-order valence-corrected chi connectivity index (χ3v) is 6.32. The Labute approximate surface area is 213 Å². The van der Waals surface area contributed by atoms with Crippen molar-refractivity contribution in [2.24, 2.45) is 0 Å². The van der Waals surface area contributed by atoms with Gasteiger partial charge in [-0.2, -0.15) is 0 Å². The summed E-state index contributed by atoms with van der Waals surface area (Å²) < 4.78 is 0. The van der Waals surface area contributed by atoms with Crippen LogP contribution in [0.25, 0.3) is 0 Å². The van der Waals surface area contributed by atoms with Gasteiger partial charge in [0, 0.05) is 37.4 Å². The number of nitrogens with one attached hydrogen (secondary N) is 2. The van der Waals surface area contributed by atoms with Gasteiger partial charge in [0.15, 0.2) is 5.11 Å². The molecular weight excluding hydrogens is 491 g/mol. The number of halogens is 2. The predicted molar refractivity (Wildman–Crippen MR) is 141 cm³/mol. The van der Waals surface area contributed by atoms with E-state index in [1.807, 2.05) is 47.4 Å². The zero-order valence-electron chi connectivity index (χ0n) is 18.1. The van der Waals surface area contributed by atoms with E-state index in [9.17, 15) is 9.59 Å². The van der Waals surface area contributed by atoms with Gasteiger partial charge in [-0.1, -0.05) is 53.5 Å². The summed E-state index contributed by atoms with van der Waals surface area (Å²) in [4.78, 5) is 29.0. The number of benzene rings is 3. The first-order valence-electron chi connectivity index (χ1n) is 10.7. The maximum atomic E-state index is 12.7. The Balaban J connectivity index is 1.33. The maximum absolute atomic E-state index is 12.7. The standard InChI is InChI=1S/C25H22Cl2N4O2S/c26-20-9-5-4-8-19(20)23(32)29-25(34)28-18-10-11-22(21(27)16-18)30-12-14-31(15-13-30)24(33)17-6-2-1-3-7-17/h1-11,16H,12-15H2,(H2,28,29,32,34). The molecule has 1 fully saturated rings. The Hall–Kier alpha value is -3.13. The summed E-state index contributed by atoms with van der Waals surface area (Å²) in [5.74, 6) is -0.355. The quantitative estimate of drug-likeness (QED) is 0.477. The van der Waals surface area contributed by atoms with Crippen LogP contribution < -0.4 is 15.5 Å². The molecule has 0 saturated carbocycles. The van der Waals surface area contributed by atoms with Crippen LogP contribution in [0.5, 0.6) is 0 Å². The van der Waals surface area contributed by atoms with E-state index in [1.165, 1.54) is 0 Å². The zero-order valence-corrected chi connectivity index (χ0v) is 20.5. The smallest absolute Gasteiger partial charge is 0.258 e. The number of rotatable bonds is 4. The molecule has 6 nitrogen and oxygen atoms in total. The highest BCUT2D eigenvalue weighted by molar-refractivity contribution is 7.80. The van der Waals surface area contributed by atoms with Crippen molar-refractivity contribution in [3.63, 3.8) is 0 Å². The molecule has 0 aliphatic carbocycles. The van der Waals surface area contributed by atoms with Crippen LogP contribution >= 0.6 is 35.4 Å². The molecule has 1 aliphatic heterocycles. The summed E-state index contributed by atoms with van der Waals surface area (Å²) in [6.45, 7) is 2.58. The molecule has 0 bridgehead atoms. The molecule has 1 aliphatic rings. The lowest BCUT2D eigenvalue weighted by molar-refractivity contribution is 0.0746. The average molecular weight is 513 g/mol. The highest BCUT2D eigenvalue weighted by Crippen LogP contribution is 2.30. The van der Waals surface area contributed by atoms with Crippen molar-refractivity contribution >= 4 is 63.7 Å². The fourth-order valence-corrected chi connectivity index (χ4v) is 4.47. The summed E-state index contributed by atoms with van der Waals surface area (Å²) in [5, 5.41) is 6.63. The molecule has 1 saturated heterocycles. The van der Waals surface area contributed by atoms with Crippen LogP contribution in [0.3, 0.4) is 0 Å². The van der Waals surface area contributed by atoms with E-state index in [1.54, 1.807) is 30.3 Å². The third kappa shape index (κ3) is 5.67. The normalized spacial score (nSPS) is 13.4. The van der Waals surface area contributed by atoms with Crippen LogP contribution in [0.2, 0.25) is 10.0 Å². The first kappa shape index (κ1) is 24.0. The van der Waals surface area contributed by atoms with E-state index in [0.29, 0.717) is 53.0 Å². The van der Waals surface area contributed by atoms with Crippen molar-refractivity contribution < 1.29 is 9.59 Å². The molecule has 34 heavy (non-hydrogen) atoms. The van der Waals surface area contributed by atoms with E-state index in [4.69, 9.17) is 35.4 Å². The second-order valence-electron chi connectivity index (χ2n) is 7.70. The third-order valence-electron chi connectivity index (χ3n) is 5.48. The number of piperazine rings is 1. The lowest BCUT2D eigenvalue weighted by atomic mass is 10.1. The minimum atomic E-state index is -0.395. The number of carbonyl (C=O) groups excluding carboxylic acids is 2. The van der Waals surface area contributed by atoms with Gasteiger partial charge in [-0.15, -0.1) is 0 Å². The van der Waals surface area contributed by atoms with Crippen LogP contribution in [0.1, 0.15) is 20.7 Å². The lowest BCUT2D eigenvalue weighted by Gasteiger charge is -2.36. The number of thiocarbonyl (C=S) groups is 1. The summed E-state index contributed by atoms with van der Waals surface area (Å²) >= 11 is 17.9. The minimum Gasteiger partial charge on any atom is -0.367 e. The second kappa shape index (κ2) is 10.9. The van der Waals surface area contributed by atoms with Crippen LogP contribution in [0.15, 0.2) is 72.8 Å². The Morgan fingerprint density at radius 1 is 0.824 bits per heavy atom. The van der Waals surface area contributed by atoms with Crippen LogP contribution in [-0.4, -0.2) is 48.0 Å². The highest BCUT2D eigenvalue weighted by atomic mass is 35.5. The van der Waals surface area contributed by atoms with Crippen molar-refractivity contribution in [2.45, 2.75) is 0 Å². The van der Waals surface area contributed by atoms with Gasteiger partial charge >= 0.3 is 0 Å². The van der Waals surface area contributed by atoms with Crippen LogP contribution in [0.4, 0.5) is 11.4 Å². The topological polar surface area (TPSA) is 64.7 Å². The number of carbonyl (C=O) groups is 2. The highest BCUT2D eigenvalue weighted by Gasteiger charge is 2.23. The minimum absolute atomic E-state index is 0.0400. The first-order valence-corrected chi connectivity index (χ1v) is 11.8. The SMILES string of the molecule is O=C(NC(=S)Nc1ccc(N2CCN(C(=O)c3ccccc3)CC2)c(Cl)c1)c1ccccc1Cl. The van der Waals surface area contributed by atoms with Gasteiger partial charge in [0.05, 0.1) is 21.3 Å². The van der Waals surface area contributed by atoms with Gasteiger partial charge in [0.25, 0.3) is 11.8 Å². The predicted octanol–water partition coefficient (Wildman–Crippen LogP) is 5.08. The van der Waals surface area contributed by atoms with Crippen molar-refractivity contribution in [3.8, 4) is 0 Å². The molecule has 4 rings (SSSR count). The van der Waals surface area contributed by atoms with Crippen molar-refractivity contribution in [1.82, 2.24) is 10.2 Å². The molecule has 0 unspecified atom stereocenters. The molecule has 9 heteroatoms. The summed E-state index contributed by atoms with van der Waals surface area (Å²) in [6.07, 6.45) is 0. The average Bonchev–Trinajstić information content (AvgIpc) is 2.84. The van der Waals surface area contributed by atoms with Crippen molar-refractivity contribution in [1.29, 1.82) is 0 Å². The molecule has 1 heterocycles. The fourth-order valence-electron chi connectivity index (χ4n) is 3.73. The largest absolute Gasteiger partial charge is 0.367 e. The maximum Gasteiger partial charge on any atom is 0.258 e.